The number of carboxylic acids is 1. The van der Waals surface area contributed by atoms with Crippen LogP contribution in [0.5, 0.6) is 0 Å². The van der Waals surface area contributed by atoms with Gasteiger partial charge >= 0.3 is 5.97 Å². The smallest absolute Gasteiger partial charge is 0.309 e. The van der Waals surface area contributed by atoms with Gasteiger partial charge in [0.1, 0.15) is 5.82 Å². The summed E-state index contributed by atoms with van der Waals surface area (Å²) in [6.45, 7) is 6.20. The highest BCUT2D eigenvalue weighted by Crippen LogP contribution is 2.25. The van der Waals surface area contributed by atoms with E-state index in [0.717, 1.165) is 23.5 Å². The number of aromatic nitrogens is 2. The number of carboxylic acid groups (broad SMARTS) is 1. The molecule has 20 heavy (non-hydrogen) atoms. The lowest BCUT2D eigenvalue weighted by molar-refractivity contribution is -0.136. The quantitative estimate of drug-likeness (QED) is 0.875. The Kier molecular flexibility index (Phi) is 4.23. The number of rotatable bonds is 5. The predicted octanol–water partition coefficient (Wildman–Crippen LogP) is 3.53. The summed E-state index contributed by atoms with van der Waals surface area (Å²) >= 11 is 0. The molecule has 0 spiro atoms. The summed E-state index contributed by atoms with van der Waals surface area (Å²) in [6.07, 6.45) is 1.06. The second-order valence-corrected chi connectivity index (χ2v) is 5.15. The molecular formula is C16H20N2O2. The molecule has 2 aromatic rings. The molecule has 0 saturated carbocycles. The number of aryl methyl sites for hydroxylation is 1. The zero-order valence-corrected chi connectivity index (χ0v) is 12.1. The van der Waals surface area contributed by atoms with Crippen molar-refractivity contribution in [2.45, 2.75) is 39.5 Å². The monoisotopic (exact) mass is 272 g/mol. The van der Waals surface area contributed by atoms with Crippen molar-refractivity contribution in [3.8, 4) is 11.3 Å². The Morgan fingerprint density at radius 1 is 1.35 bits per heavy atom. The first kappa shape index (κ1) is 14.3. The van der Waals surface area contributed by atoms with E-state index in [4.69, 9.17) is 5.11 Å². The largest absolute Gasteiger partial charge is 0.481 e. The van der Waals surface area contributed by atoms with Gasteiger partial charge in [0, 0.05) is 5.56 Å². The fourth-order valence-corrected chi connectivity index (χ4v) is 2.26. The highest BCUT2D eigenvalue weighted by molar-refractivity contribution is 5.74. The number of benzene rings is 1. The molecule has 0 aliphatic heterocycles. The molecule has 106 valence electrons. The van der Waals surface area contributed by atoms with Crippen LogP contribution in [0.15, 0.2) is 24.3 Å². The molecule has 1 unspecified atom stereocenters. The molecule has 0 aliphatic rings. The summed E-state index contributed by atoms with van der Waals surface area (Å²) in [6, 6.07) is 8.22. The Morgan fingerprint density at radius 3 is 2.55 bits per heavy atom. The van der Waals surface area contributed by atoms with E-state index in [-0.39, 0.29) is 6.42 Å². The molecule has 2 N–H and O–H groups in total. The molecule has 0 aliphatic carbocycles. The SMILES string of the molecule is CCC(C)c1ccc(-c2nc(C)[nH]c2CC(=O)O)cc1. The van der Waals surface area contributed by atoms with Crippen LogP contribution in [0.1, 0.15) is 43.3 Å². The van der Waals surface area contributed by atoms with Gasteiger partial charge in [-0.05, 0) is 24.8 Å². The van der Waals surface area contributed by atoms with Gasteiger partial charge in [0.15, 0.2) is 0 Å². The minimum atomic E-state index is -0.855. The number of hydrogen-bond acceptors (Lipinski definition) is 2. The number of carbonyl (C=O) groups is 1. The number of nitrogens with one attached hydrogen (secondary N) is 1. The van der Waals surface area contributed by atoms with Gasteiger partial charge in [0.05, 0.1) is 17.8 Å². The third-order valence-electron chi connectivity index (χ3n) is 3.59. The van der Waals surface area contributed by atoms with Crippen molar-refractivity contribution < 1.29 is 9.90 Å². The van der Waals surface area contributed by atoms with E-state index in [9.17, 15) is 4.79 Å². The van der Waals surface area contributed by atoms with Crippen LogP contribution in [0.2, 0.25) is 0 Å². The molecule has 1 heterocycles. The van der Waals surface area contributed by atoms with Crippen molar-refractivity contribution in [3.05, 3.63) is 41.3 Å². The maximum atomic E-state index is 10.9. The lowest BCUT2D eigenvalue weighted by atomic mass is 9.96. The van der Waals surface area contributed by atoms with Gasteiger partial charge in [0.25, 0.3) is 0 Å². The lowest BCUT2D eigenvalue weighted by Gasteiger charge is -2.09. The van der Waals surface area contributed by atoms with Crippen LogP contribution in [0.3, 0.4) is 0 Å². The van der Waals surface area contributed by atoms with Crippen LogP contribution >= 0.6 is 0 Å². The predicted molar refractivity (Wildman–Crippen MR) is 78.8 cm³/mol. The summed E-state index contributed by atoms with van der Waals surface area (Å²) in [7, 11) is 0. The standard InChI is InChI=1S/C16H20N2O2/c1-4-10(2)12-5-7-13(8-6-12)16-14(9-15(19)20)17-11(3)18-16/h5-8,10H,4,9H2,1-3H3,(H,17,18)(H,19,20). The Labute approximate surface area is 118 Å². The van der Waals surface area contributed by atoms with Crippen LogP contribution < -0.4 is 0 Å². The number of hydrogen-bond donors (Lipinski definition) is 2. The van der Waals surface area contributed by atoms with Gasteiger partial charge in [-0.25, -0.2) is 4.98 Å². The Balaban J connectivity index is 2.34. The van der Waals surface area contributed by atoms with Crippen molar-refractivity contribution in [1.82, 2.24) is 9.97 Å². The molecule has 1 atom stereocenters. The van der Waals surface area contributed by atoms with Crippen LogP contribution in [0.25, 0.3) is 11.3 Å². The van der Waals surface area contributed by atoms with Gasteiger partial charge in [-0.3, -0.25) is 4.79 Å². The van der Waals surface area contributed by atoms with Gasteiger partial charge in [-0.1, -0.05) is 38.1 Å². The minimum Gasteiger partial charge on any atom is -0.481 e. The average molecular weight is 272 g/mol. The fraction of sp³-hybridized carbons (Fsp3) is 0.375. The first-order valence-corrected chi connectivity index (χ1v) is 6.88. The van der Waals surface area contributed by atoms with E-state index in [2.05, 4.69) is 35.9 Å². The van der Waals surface area contributed by atoms with Crippen LogP contribution in [0.4, 0.5) is 0 Å². The molecule has 0 saturated heterocycles. The van der Waals surface area contributed by atoms with Gasteiger partial charge in [-0.2, -0.15) is 0 Å². The van der Waals surface area contributed by atoms with Gasteiger partial charge in [-0.15, -0.1) is 0 Å². The highest BCUT2D eigenvalue weighted by atomic mass is 16.4. The summed E-state index contributed by atoms with van der Waals surface area (Å²) < 4.78 is 0. The topological polar surface area (TPSA) is 66.0 Å². The molecule has 0 fully saturated rings. The number of H-pyrrole nitrogens is 1. The van der Waals surface area contributed by atoms with Crippen molar-refractivity contribution in [1.29, 1.82) is 0 Å². The second kappa shape index (κ2) is 5.90. The average Bonchev–Trinajstić information content (AvgIpc) is 2.78. The number of aliphatic carboxylic acids is 1. The number of nitrogens with zero attached hydrogens (tertiary/aromatic N) is 1. The van der Waals surface area contributed by atoms with E-state index in [0.29, 0.717) is 11.6 Å². The molecule has 4 heteroatoms. The normalized spacial score (nSPS) is 12.3. The molecule has 2 rings (SSSR count). The molecule has 1 aromatic heterocycles. The lowest BCUT2D eigenvalue weighted by Crippen LogP contribution is -2.02. The zero-order chi connectivity index (χ0) is 14.7. The summed E-state index contributed by atoms with van der Waals surface area (Å²) in [5.74, 6) is 0.414. The third-order valence-corrected chi connectivity index (χ3v) is 3.59. The van der Waals surface area contributed by atoms with E-state index in [1.54, 1.807) is 0 Å². The Morgan fingerprint density at radius 2 is 2.00 bits per heavy atom. The van der Waals surface area contributed by atoms with E-state index in [1.807, 2.05) is 19.1 Å². The summed E-state index contributed by atoms with van der Waals surface area (Å²) in [4.78, 5) is 18.3. The minimum absolute atomic E-state index is 0.0384. The number of aromatic amines is 1. The highest BCUT2D eigenvalue weighted by Gasteiger charge is 2.13. The van der Waals surface area contributed by atoms with Crippen LogP contribution in [-0.4, -0.2) is 21.0 Å². The fourth-order valence-electron chi connectivity index (χ4n) is 2.26. The number of imidazole rings is 1. The summed E-state index contributed by atoms with van der Waals surface area (Å²) in [5.41, 5.74) is 3.65. The van der Waals surface area contributed by atoms with Crippen molar-refractivity contribution >= 4 is 5.97 Å². The zero-order valence-electron chi connectivity index (χ0n) is 12.1. The van der Waals surface area contributed by atoms with E-state index < -0.39 is 5.97 Å². The first-order valence-electron chi connectivity index (χ1n) is 6.88. The maximum Gasteiger partial charge on any atom is 0.309 e. The van der Waals surface area contributed by atoms with Crippen molar-refractivity contribution in [2.24, 2.45) is 0 Å². The van der Waals surface area contributed by atoms with Crippen LogP contribution in [-0.2, 0) is 11.2 Å². The molecule has 0 bridgehead atoms. The van der Waals surface area contributed by atoms with Crippen molar-refractivity contribution in [2.75, 3.05) is 0 Å². The molecular weight excluding hydrogens is 252 g/mol. The molecule has 4 nitrogen and oxygen atoms in total. The summed E-state index contributed by atoms with van der Waals surface area (Å²) in [5, 5.41) is 8.95. The Bertz CT molecular complexity index is 599. The van der Waals surface area contributed by atoms with Gasteiger partial charge < -0.3 is 10.1 Å². The Hall–Kier alpha value is -2.10. The molecule has 0 radical (unpaired) electrons. The van der Waals surface area contributed by atoms with E-state index in [1.165, 1.54) is 5.56 Å². The first-order chi connectivity index (χ1) is 9.51. The molecule has 1 aromatic carbocycles. The molecule has 0 amide bonds. The second-order valence-electron chi connectivity index (χ2n) is 5.15. The third kappa shape index (κ3) is 3.07. The van der Waals surface area contributed by atoms with Gasteiger partial charge in [0.2, 0.25) is 0 Å². The van der Waals surface area contributed by atoms with Crippen molar-refractivity contribution in [3.63, 3.8) is 0 Å². The maximum absolute atomic E-state index is 10.9. The van der Waals surface area contributed by atoms with E-state index >= 15 is 0 Å². The van der Waals surface area contributed by atoms with Crippen LogP contribution in [0, 0.1) is 6.92 Å².